The maximum absolute atomic E-state index is 11.6. The number of hydrogen-bond acceptors (Lipinski definition) is 3. The molecule has 0 aliphatic heterocycles. The third kappa shape index (κ3) is 4.50. The lowest BCUT2D eigenvalue weighted by molar-refractivity contribution is 0.130. The fourth-order valence-corrected chi connectivity index (χ4v) is 3.26. The van der Waals surface area contributed by atoms with E-state index in [4.69, 9.17) is 55.9 Å². The normalized spacial score (nSPS) is 21.9. The summed E-state index contributed by atoms with van der Waals surface area (Å²) >= 11 is 24.5. The Morgan fingerprint density at radius 2 is 1.83 bits per heavy atom. The van der Waals surface area contributed by atoms with Crippen LogP contribution < -0.4 is 10.1 Å². The lowest BCUT2D eigenvalue weighted by Gasteiger charge is -2.17. The Balaban J connectivity index is 2.04. The lowest BCUT2D eigenvalue weighted by atomic mass is 10.2. The van der Waals surface area contributed by atoms with Crippen LogP contribution >= 0.6 is 46.4 Å². The van der Waals surface area contributed by atoms with Crippen molar-refractivity contribution in [1.29, 1.82) is 0 Å². The Hall–Kier alpha value is -0.550. The van der Waals surface area contributed by atoms with Crippen molar-refractivity contribution in [3.8, 4) is 5.75 Å². The molecule has 1 aliphatic rings. The van der Waals surface area contributed by atoms with Crippen molar-refractivity contribution in [1.82, 2.24) is 0 Å². The Morgan fingerprint density at radius 1 is 1.30 bits per heavy atom. The topological polar surface area (TPSA) is 47.6 Å². The van der Waals surface area contributed by atoms with Gasteiger partial charge in [-0.25, -0.2) is 4.79 Å². The summed E-state index contributed by atoms with van der Waals surface area (Å²) in [6.07, 6.45) is -0.173. The minimum Gasteiger partial charge on any atom is -0.490 e. The summed E-state index contributed by atoms with van der Waals surface area (Å²) in [6, 6.07) is 3.07. The van der Waals surface area contributed by atoms with Gasteiger partial charge in [-0.05, 0) is 32.4 Å². The Kier molecular flexibility index (Phi) is 5.51. The minimum atomic E-state index is -0.784. The summed E-state index contributed by atoms with van der Waals surface area (Å²) < 4.78 is 9.88. The number of anilines is 1. The highest BCUT2D eigenvalue weighted by molar-refractivity contribution is 6.51. The molecule has 1 aromatic carbocycles. The molecular weight excluding hydrogens is 384 g/mol. The Bertz CT molecular complexity index is 598. The monoisotopic (exact) mass is 399 g/mol. The van der Waals surface area contributed by atoms with Crippen molar-refractivity contribution in [3.63, 3.8) is 0 Å². The van der Waals surface area contributed by atoms with Crippen molar-refractivity contribution in [2.24, 2.45) is 5.41 Å². The summed E-state index contributed by atoms with van der Waals surface area (Å²) in [4.78, 5) is 11.6. The van der Waals surface area contributed by atoms with Gasteiger partial charge in [0.1, 0.15) is 4.33 Å². The Morgan fingerprint density at radius 3 is 2.26 bits per heavy atom. The van der Waals surface area contributed by atoms with Crippen LogP contribution in [-0.4, -0.2) is 23.1 Å². The van der Waals surface area contributed by atoms with E-state index in [1.807, 2.05) is 6.92 Å². The van der Waals surface area contributed by atoms with Crippen molar-refractivity contribution < 1.29 is 14.3 Å². The third-order valence-corrected chi connectivity index (χ3v) is 5.23. The van der Waals surface area contributed by atoms with Crippen molar-refractivity contribution in [2.75, 3.05) is 11.9 Å². The minimum absolute atomic E-state index is 0.228. The molecule has 0 bridgehead atoms. The van der Waals surface area contributed by atoms with Crippen molar-refractivity contribution in [3.05, 3.63) is 22.2 Å². The predicted molar refractivity (Wildman–Crippen MR) is 94.4 cm³/mol. The summed E-state index contributed by atoms with van der Waals surface area (Å²) in [5.41, 5.74) is 0.0838. The van der Waals surface area contributed by atoms with Gasteiger partial charge >= 0.3 is 6.09 Å². The molecule has 0 radical (unpaired) electrons. The van der Waals surface area contributed by atoms with Gasteiger partial charge in [-0.1, -0.05) is 30.1 Å². The van der Waals surface area contributed by atoms with Crippen LogP contribution in [-0.2, 0) is 4.74 Å². The number of ether oxygens (including phenoxy) is 2. The van der Waals surface area contributed by atoms with E-state index in [0.717, 1.165) is 0 Å². The molecule has 1 atom stereocenters. The number of rotatable bonds is 5. The average molecular weight is 401 g/mol. The van der Waals surface area contributed by atoms with E-state index in [2.05, 4.69) is 5.32 Å². The molecule has 2 rings (SSSR count). The first-order valence-electron chi connectivity index (χ1n) is 7.01. The highest BCUT2D eigenvalue weighted by atomic mass is 35.5. The summed E-state index contributed by atoms with van der Waals surface area (Å²) in [6.45, 7) is 5.72. The third-order valence-electron chi connectivity index (χ3n) is 3.49. The molecule has 23 heavy (non-hydrogen) atoms. The Labute approximate surface area is 155 Å². The lowest BCUT2D eigenvalue weighted by Crippen LogP contribution is -2.18. The zero-order valence-corrected chi connectivity index (χ0v) is 15.9. The van der Waals surface area contributed by atoms with E-state index in [1.165, 1.54) is 12.1 Å². The summed E-state index contributed by atoms with van der Waals surface area (Å²) in [7, 11) is 0. The number of carbonyl (C=O) groups excluding carboxylic acids is 1. The number of carbonyl (C=O) groups is 1. The number of hydrogen-bond donors (Lipinski definition) is 1. The zero-order valence-electron chi connectivity index (χ0n) is 12.9. The van der Waals surface area contributed by atoms with Crippen LogP contribution in [0.25, 0.3) is 0 Å². The first kappa shape index (κ1) is 18.8. The van der Waals surface area contributed by atoms with Crippen LogP contribution in [0.2, 0.25) is 10.0 Å². The van der Waals surface area contributed by atoms with Gasteiger partial charge in [0.15, 0.2) is 5.75 Å². The quantitative estimate of drug-likeness (QED) is 0.624. The van der Waals surface area contributed by atoms with E-state index in [0.29, 0.717) is 24.5 Å². The molecule has 128 valence electrons. The highest BCUT2D eigenvalue weighted by Gasteiger charge is 2.63. The molecule has 4 nitrogen and oxygen atoms in total. The maximum atomic E-state index is 11.6. The van der Waals surface area contributed by atoms with Crippen molar-refractivity contribution >= 4 is 58.2 Å². The molecule has 1 amide bonds. The molecule has 1 aliphatic carbocycles. The molecular formula is C15H17Cl4NO3. The van der Waals surface area contributed by atoms with Gasteiger partial charge in [-0.15, -0.1) is 23.2 Å². The van der Waals surface area contributed by atoms with E-state index in [9.17, 15) is 4.79 Å². The van der Waals surface area contributed by atoms with Gasteiger partial charge in [-0.3, -0.25) is 5.32 Å². The van der Waals surface area contributed by atoms with Crippen LogP contribution in [0.3, 0.4) is 0 Å². The van der Waals surface area contributed by atoms with Gasteiger partial charge in [0, 0.05) is 11.1 Å². The second-order valence-corrected chi connectivity index (χ2v) is 8.38. The number of nitrogens with one attached hydrogen (secondary N) is 1. The van der Waals surface area contributed by atoms with E-state index in [-0.39, 0.29) is 21.6 Å². The molecule has 0 spiro atoms. The highest BCUT2D eigenvalue weighted by Crippen LogP contribution is 2.63. The molecule has 1 fully saturated rings. The van der Waals surface area contributed by atoms with Crippen LogP contribution in [0.5, 0.6) is 5.75 Å². The van der Waals surface area contributed by atoms with Crippen LogP contribution in [0.1, 0.15) is 27.2 Å². The number of halogens is 4. The molecule has 0 saturated heterocycles. The first-order chi connectivity index (χ1) is 10.5. The standard InChI is InChI=1S/C15H17Cl4NO3/c1-8(2)23-13(21)20-9-4-10(16)12(11(17)5-9)22-7-14(3)6-15(14,18)19/h4-5,8H,6-7H2,1-3H3,(H,20,21). The zero-order chi connectivity index (χ0) is 17.4. The van der Waals surface area contributed by atoms with Crippen LogP contribution in [0.4, 0.5) is 10.5 Å². The molecule has 1 aromatic rings. The average Bonchev–Trinajstić information content (AvgIpc) is 2.85. The smallest absolute Gasteiger partial charge is 0.411 e. The first-order valence-corrected chi connectivity index (χ1v) is 8.52. The number of benzene rings is 1. The van der Waals surface area contributed by atoms with Gasteiger partial charge in [0.05, 0.1) is 22.8 Å². The van der Waals surface area contributed by atoms with Crippen molar-refractivity contribution in [2.45, 2.75) is 37.6 Å². The van der Waals surface area contributed by atoms with Gasteiger partial charge in [0.2, 0.25) is 0 Å². The number of alkyl halides is 2. The summed E-state index contributed by atoms with van der Waals surface area (Å²) in [5, 5.41) is 3.10. The number of amides is 1. The van der Waals surface area contributed by atoms with Gasteiger partial charge in [0.25, 0.3) is 0 Å². The van der Waals surface area contributed by atoms with Crippen LogP contribution in [0, 0.1) is 5.41 Å². The molecule has 0 aromatic heterocycles. The predicted octanol–water partition coefficient (Wildman–Crippen LogP) is 5.91. The SMILES string of the molecule is CC(C)OC(=O)Nc1cc(Cl)c(OCC2(C)CC2(Cl)Cl)c(Cl)c1. The molecule has 0 heterocycles. The van der Waals surface area contributed by atoms with Gasteiger partial charge in [-0.2, -0.15) is 0 Å². The fourth-order valence-electron chi connectivity index (χ4n) is 1.97. The molecule has 1 saturated carbocycles. The fraction of sp³-hybridized carbons (Fsp3) is 0.533. The largest absolute Gasteiger partial charge is 0.490 e. The van der Waals surface area contributed by atoms with Gasteiger partial charge < -0.3 is 9.47 Å². The molecule has 8 heteroatoms. The van der Waals surface area contributed by atoms with E-state index >= 15 is 0 Å². The second kappa shape index (κ2) is 6.75. The molecule has 1 unspecified atom stereocenters. The van der Waals surface area contributed by atoms with E-state index in [1.54, 1.807) is 13.8 Å². The maximum Gasteiger partial charge on any atom is 0.411 e. The van der Waals surface area contributed by atoms with Crippen LogP contribution in [0.15, 0.2) is 12.1 Å². The summed E-state index contributed by atoms with van der Waals surface area (Å²) in [5.74, 6) is 0.327. The second-order valence-electron chi connectivity index (χ2n) is 6.08. The molecule has 1 N–H and O–H groups in total. The van der Waals surface area contributed by atoms with E-state index < -0.39 is 10.4 Å².